The second kappa shape index (κ2) is 8.25. The number of nitrogens with zero attached hydrogens (tertiary/aromatic N) is 2. The van der Waals surface area contributed by atoms with Gasteiger partial charge >= 0.3 is 0 Å². The van der Waals surface area contributed by atoms with Gasteiger partial charge in [-0.05, 0) is 87.2 Å². The summed E-state index contributed by atoms with van der Waals surface area (Å²) in [5, 5.41) is 5.23. The van der Waals surface area contributed by atoms with E-state index in [-0.39, 0.29) is 23.8 Å². The van der Waals surface area contributed by atoms with Gasteiger partial charge in [0, 0.05) is 29.5 Å². The fourth-order valence-electron chi connectivity index (χ4n) is 6.45. The molecular formula is C27H34FN3O3. The monoisotopic (exact) mass is 467 g/mol. The Morgan fingerprint density at radius 1 is 1.18 bits per heavy atom. The predicted octanol–water partition coefficient (Wildman–Crippen LogP) is 4.21. The second-order valence-corrected chi connectivity index (χ2v) is 11.1. The van der Waals surface area contributed by atoms with Gasteiger partial charge in [0.15, 0.2) is 0 Å². The van der Waals surface area contributed by atoms with E-state index in [2.05, 4.69) is 34.3 Å². The number of ether oxygens (including phenoxy) is 2. The highest BCUT2D eigenvalue weighted by Gasteiger charge is 2.59. The lowest BCUT2D eigenvalue weighted by Gasteiger charge is -2.43. The number of pyridine rings is 1. The van der Waals surface area contributed by atoms with E-state index in [1.54, 1.807) is 0 Å². The zero-order chi connectivity index (χ0) is 23.5. The number of alkyl halides is 1. The van der Waals surface area contributed by atoms with Crippen molar-refractivity contribution >= 4 is 22.5 Å². The molecule has 1 saturated carbocycles. The molecule has 0 bridgehead atoms. The van der Waals surface area contributed by atoms with E-state index in [4.69, 9.17) is 9.47 Å². The average molecular weight is 468 g/mol. The van der Waals surface area contributed by atoms with Gasteiger partial charge in [0.1, 0.15) is 12.0 Å². The second-order valence-electron chi connectivity index (χ2n) is 11.1. The highest BCUT2D eigenvalue weighted by atomic mass is 19.1. The number of fused-ring (bicyclic) bond motifs is 1. The predicted molar refractivity (Wildman–Crippen MR) is 129 cm³/mol. The molecule has 4 atom stereocenters. The van der Waals surface area contributed by atoms with Crippen LogP contribution in [0.3, 0.4) is 0 Å². The Bertz CT molecular complexity index is 1110. The van der Waals surface area contributed by atoms with Crippen molar-refractivity contribution in [3.8, 4) is 0 Å². The number of amides is 1. The van der Waals surface area contributed by atoms with Crippen LogP contribution < -0.4 is 5.32 Å². The van der Waals surface area contributed by atoms with E-state index in [9.17, 15) is 9.18 Å². The quantitative estimate of drug-likeness (QED) is 0.730. The summed E-state index contributed by atoms with van der Waals surface area (Å²) in [5.41, 5.74) is 2.20. The zero-order valence-corrected chi connectivity index (χ0v) is 20.1. The van der Waals surface area contributed by atoms with Crippen LogP contribution >= 0.6 is 0 Å². The van der Waals surface area contributed by atoms with Crippen LogP contribution in [0.25, 0.3) is 10.8 Å². The Kier molecular flexibility index (Phi) is 5.43. The molecule has 2 aromatic rings. The molecule has 1 aliphatic carbocycles. The molecule has 34 heavy (non-hydrogen) atoms. The molecule has 1 aromatic heterocycles. The Balaban J connectivity index is 1.16. The van der Waals surface area contributed by atoms with Crippen LogP contribution in [0.4, 0.5) is 10.2 Å². The molecule has 7 heteroatoms. The van der Waals surface area contributed by atoms with Crippen LogP contribution in [0.1, 0.15) is 49.7 Å². The summed E-state index contributed by atoms with van der Waals surface area (Å²) in [6.07, 6.45) is 4.86. The van der Waals surface area contributed by atoms with Crippen molar-refractivity contribution in [1.82, 2.24) is 9.88 Å². The van der Waals surface area contributed by atoms with Gasteiger partial charge in [-0.25, -0.2) is 9.37 Å². The molecule has 3 aliphatic heterocycles. The molecule has 6 nitrogen and oxygen atoms in total. The molecule has 1 N–H and O–H groups in total. The van der Waals surface area contributed by atoms with Crippen molar-refractivity contribution in [3.05, 3.63) is 35.5 Å². The summed E-state index contributed by atoms with van der Waals surface area (Å²) in [4.78, 5) is 19.6. The number of anilines is 1. The molecule has 3 saturated heterocycles. The van der Waals surface area contributed by atoms with Crippen molar-refractivity contribution in [3.63, 3.8) is 0 Å². The minimum absolute atomic E-state index is 0.0438. The van der Waals surface area contributed by atoms with Crippen LogP contribution in [0.2, 0.25) is 0 Å². The fraction of sp³-hybridized carbons (Fsp3) is 0.630. The topological polar surface area (TPSA) is 63.7 Å². The first kappa shape index (κ1) is 22.4. The third-order valence-corrected chi connectivity index (χ3v) is 8.99. The number of piperidine rings is 1. The van der Waals surface area contributed by atoms with Crippen LogP contribution in [-0.2, 0) is 14.3 Å². The Morgan fingerprint density at radius 3 is 2.71 bits per heavy atom. The summed E-state index contributed by atoms with van der Waals surface area (Å²) in [6, 6.07) is 6.46. The first-order valence-electron chi connectivity index (χ1n) is 12.6. The van der Waals surface area contributed by atoms with Gasteiger partial charge in [-0.1, -0.05) is 6.07 Å². The fourth-order valence-corrected chi connectivity index (χ4v) is 6.45. The third-order valence-electron chi connectivity index (χ3n) is 8.99. The lowest BCUT2D eigenvalue weighted by atomic mass is 9.83. The maximum Gasteiger partial charge on any atom is 0.229 e. The van der Waals surface area contributed by atoms with E-state index in [0.717, 1.165) is 56.2 Å². The number of benzene rings is 1. The van der Waals surface area contributed by atoms with Gasteiger partial charge in [-0.2, -0.15) is 0 Å². The standard InChI is InChI=1S/C27H34FN3O3/c1-17-9-20-13-29-24(30-25(32)22-12-27(22)5-8-33-16-27)11-19(20)10-21(17)18-3-6-31(7-4-18)26(2)15-34-14-23(26)28/h9-11,13,18,22-23H,3-8,12,14-16H2,1-2H3,(H,29,30,32)/t22?,23-,26+,27?/m1/s1. The number of aryl methyl sites for hydroxylation is 1. The van der Waals surface area contributed by atoms with Gasteiger partial charge in [-0.15, -0.1) is 0 Å². The number of hydrogen-bond acceptors (Lipinski definition) is 5. The van der Waals surface area contributed by atoms with Crippen LogP contribution in [0.15, 0.2) is 24.4 Å². The van der Waals surface area contributed by atoms with Crippen molar-refractivity contribution < 1.29 is 18.7 Å². The van der Waals surface area contributed by atoms with E-state index >= 15 is 0 Å². The number of hydrogen-bond donors (Lipinski definition) is 1. The molecule has 1 amide bonds. The number of rotatable bonds is 4. The van der Waals surface area contributed by atoms with E-state index in [1.165, 1.54) is 11.1 Å². The van der Waals surface area contributed by atoms with Crippen LogP contribution in [0.5, 0.6) is 0 Å². The highest BCUT2D eigenvalue weighted by molar-refractivity contribution is 5.96. The average Bonchev–Trinajstić information content (AvgIpc) is 3.14. The first-order valence-corrected chi connectivity index (χ1v) is 12.6. The number of aromatic nitrogens is 1. The van der Waals surface area contributed by atoms with Crippen molar-refractivity contribution in [2.45, 2.75) is 57.2 Å². The number of likely N-dealkylation sites (tertiary alicyclic amines) is 1. The Hall–Kier alpha value is -2.09. The van der Waals surface area contributed by atoms with Gasteiger partial charge in [0.05, 0.1) is 25.4 Å². The van der Waals surface area contributed by atoms with Crippen LogP contribution in [0, 0.1) is 18.3 Å². The van der Waals surface area contributed by atoms with Gasteiger partial charge in [-0.3, -0.25) is 9.69 Å². The van der Waals surface area contributed by atoms with Gasteiger partial charge in [0.2, 0.25) is 5.91 Å². The maximum atomic E-state index is 14.5. The van der Waals surface area contributed by atoms with Gasteiger partial charge in [0.25, 0.3) is 0 Å². The van der Waals surface area contributed by atoms with Gasteiger partial charge < -0.3 is 14.8 Å². The Morgan fingerprint density at radius 2 is 2.00 bits per heavy atom. The number of carbonyl (C=O) groups excluding carboxylic acids is 1. The van der Waals surface area contributed by atoms with E-state index in [0.29, 0.717) is 24.9 Å². The third kappa shape index (κ3) is 3.73. The lowest BCUT2D eigenvalue weighted by Crippen LogP contribution is -2.55. The minimum Gasteiger partial charge on any atom is -0.381 e. The molecule has 0 radical (unpaired) electrons. The van der Waals surface area contributed by atoms with E-state index < -0.39 is 11.7 Å². The highest BCUT2D eigenvalue weighted by Crippen LogP contribution is 2.58. The van der Waals surface area contributed by atoms with Crippen molar-refractivity contribution in [2.24, 2.45) is 11.3 Å². The molecule has 4 aliphatic rings. The first-order chi connectivity index (χ1) is 16.4. The SMILES string of the molecule is Cc1cc2cnc(NC(=O)C3CC34CCOC4)cc2cc1C1CCN([C@@]2(C)COC[C@H]2F)CC1. The number of nitrogens with one attached hydrogen (secondary N) is 1. The largest absolute Gasteiger partial charge is 0.381 e. The molecule has 2 unspecified atom stereocenters. The molecule has 1 aromatic carbocycles. The summed E-state index contributed by atoms with van der Waals surface area (Å²) in [5.74, 6) is 1.17. The summed E-state index contributed by atoms with van der Waals surface area (Å²) >= 11 is 0. The molecule has 4 fully saturated rings. The molecule has 4 heterocycles. The van der Waals surface area contributed by atoms with E-state index in [1.807, 2.05) is 19.2 Å². The van der Waals surface area contributed by atoms with Crippen molar-refractivity contribution in [1.29, 1.82) is 0 Å². The lowest BCUT2D eigenvalue weighted by molar-refractivity contribution is -0.118. The zero-order valence-electron chi connectivity index (χ0n) is 20.1. The molecule has 1 spiro atoms. The number of halogens is 1. The smallest absolute Gasteiger partial charge is 0.229 e. The minimum atomic E-state index is -0.917. The molecule has 182 valence electrons. The maximum absolute atomic E-state index is 14.5. The number of carbonyl (C=O) groups is 1. The summed E-state index contributed by atoms with van der Waals surface area (Å²) < 4.78 is 25.4. The van der Waals surface area contributed by atoms with Crippen molar-refractivity contribution in [2.75, 3.05) is 44.8 Å². The van der Waals surface area contributed by atoms with Crippen LogP contribution in [-0.4, -0.2) is 67.0 Å². The molecule has 6 rings (SSSR count). The molecular weight excluding hydrogens is 433 g/mol. The normalized spacial score (nSPS) is 34.2. The summed E-state index contributed by atoms with van der Waals surface area (Å²) in [6.45, 7) is 8.08. The summed E-state index contributed by atoms with van der Waals surface area (Å²) in [7, 11) is 0. The Labute approximate surface area is 200 Å².